The minimum absolute atomic E-state index is 0.171. The third-order valence-corrected chi connectivity index (χ3v) is 10.5. The summed E-state index contributed by atoms with van der Waals surface area (Å²) in [7, 11) is 0. The quantitative estimate of drug-likeness (QED) is 0.0385. The van der Waals surface area contributed by atoms with Crippen LogP contribution in [-0.4, -0.2) is 37.0 Å². The van der Waals surface area contributed by atoms with Crippen LogP contribution in [0, 0.1) is 0 Å². The maximum Gasteiger partial charge on any atom is 0.306 e. The molecule has 0 spiro atoms. The molecule has 0 aromatic carbocycles. The van der Waals surface area contributed by atoms with Gasteiger partial charge < -0.3 is 14.6 Å². The van der Waals surface area contributed by atoms with E-state index in [0.717, 1.165) is 19.3 Å². The highest BCUT2D eigenvalue weighted by Gasteiger charge is 2.13. The molecule has 0 heterocycles. The summed E-state index contributed by atoms with van der Waals surface area (Å²) in [6.45, 7) is 5.37. The normalized spacial score (nSPS) is 12.4. The molecule has 1 N–H and O–H groups in total. The molecule has 0 aromatic heterocycles. The van der Waals surface area contributed by atoms with Crippen molar-refractivity contribution in [2.45, 2.75) is 258 Å². The summed E-state index contributed by atoms with van der Waals surface area (Å²) in [6.07, 6.45) is 56.8. The Bertz CT molecular complexity index is 732. The van der Waals surface area contributed by atoms with E-state index < -0.39 is 6.10 Å². The van der Waals surface area contributed by atoms with Gasteiger partial charge in [-0.2, -0.15) is 0 Å². The number of hydrogen-bond acceptors (Lipinski definition) is 4. The molecule has 0 amide bonds. The lowest BCUT2D eigenvalue weighted by Crippen LogP contribution is -2.27. The van der Waals surface area contributed by atoms with E-state index in [-0.39, 0.29) is 12.6 Å². The molecule has 0 saturated heterocycles. The zero-order chi connectivity index (χ0) is 37.7. The molecule has 0 aromatic rings. The Morgan fingerprint density at radius 1 is 0.442 bits per heavy atom. The van der Waals surface area contributed by atoms with Gasteiger partial charge in [0, 0.05) is 13.0 Å². The molecule has 1 unspecified atom stereocenters. The van der Waals surface area contributed by atoms with E-state index >= 15 is 0 Å². The molecule has 0 saturated carbocycles. The van der Waals surface area contributed by atoms with Crippen molar-refractivity contribution >= 4 is 5.97 Å². The second-order valence-electron chi connectivity index (χ2n) is 15.8. The van der Waals surface area contributed by atoms with Crippen LogP contribution in [0.2, 0.25) is 0 Å². The molecule has 0 radical (unpaired) electrons. The predicted molar refractivity (Wildman–Crippen MR) is 228 cm³/mol. The Morgan fingerprint density at radius 3 is 1.10 bits per heavy atom. The van der Waals surface area contributed by atoms with E-state index in [9.17, 15) is 9.90 Å². The lowest BCUT2D eigenvalue weighted by Gasteiger charge is -2.16. The van der Waals surface area contributed by atoms with Gasteiger partial charge in [-0.1, -0.05) is 205 Å². The van der Waals surface area contributed by atoms with E-state index in [1.807, 2.05) is 0 Å². The van der Waals surface area contributed by atoms with Crippen LogP contribution in [0.15, 0.2) is 24.3 Å². The van der Waals surface area contributed by atoms with Crippen molar-refractivity contribution in [2.75, 3.05) is 19.8 Å². The number of aliphatic hydroxyl groups excluding tert-OH is 1. The number of carbonyl (C=O) groups excluding carboxylic acids is 1. The Morgan fingerprint density at radius 2 is 0.750 bits per heavy atom. The average Bonchev–Trinajstić information content (AvgIpc) is 3.15. The molecule has 308 valence electrons. The second-order valence-corrected chi connectivity index (χ2v) is 15.8. The average molecular weight is 733 g/mol. The Hall–Kier alpha value is -1.13. The van der Waals surface area contributed by atoms with Gasteiger partial charge in [0.25, 0.3) is 0 Å². The minimum Gasteiger partial charge on any atom is -0.457 e. The maximum absolute atomic E-state index is 12.2. The summed E-state index contributed by atoms with van der Waals surface area (Å²) >= 11 is 0. The Labute approximate surface area is 326 Å². The first kappa shape index (κ1) is 50.9. The van der Waals surface area contributed by atoms with Gasteiger partial charge in [0.15, 0.2) is 0 Å². The maximum atomic E-state index is 12.2. The molecule has 0 aliphatic heterocycles. The topological polar surface area (TPSA) is 55.8 Å². The fraction of sp³-hybridized carbons (Fsp3) is 0.896. The lowest BCUT2D eigenvalue weighted by atomic mass is 10.1. The van der Waals surface area contributed by atoms with E-state index in [1.54, 1.807) is 0 Å². The first-order valence-electron chi connectivity index (χ1n) is 23.4. The number of hydrogen-bond donors (Lipinski definition) is 1. The molecule has 0 fully saturated rings. The van der Waals surface area contributed by atoms with Crippen LogP contribution in [0.1, 0.15) is 251 Å². The van der Waals surface area contributed by atoms with Crippen LogP contribution in [0.5, 0.6) is 0 Å². The largest absolute Gasteiger partial charge is 0.457 e. The number of ether oxygens (including phenoxy) is 2. The van der Waals surface area contributed by atoms with E-state index in [2.05, 4.69) is 38.2 Å². The summed E-state index contributed by atoms with van der Waals surface area (Å²) in [5.74, 6) is -0.202. The predicted octanol–water partition coefficient (Wildman–Crippen LogP) is 15.5. The molecular weight excluding hydrogens is 641 g/mol. The van der Waals surface area contributed by atoms with E-state index in [0.29, 0.717) is 19.6 Å². The summed E-state index contributed by atoms with van der Waals surface area (Å²) < 4.78 is 11.2. The number of carbonyl (C=O) groups is 1. The highest BCUT2D eigenvalue weighted by molar-refractivity contribution is 5.69. The SMILES string of the molecule is CCCCCCCCC/C=C\CCCCCCCCCC(=O)OC(CO)COCCCCCCCCCCCC/C=C\CCCCCCCCCC. The Balaban J connectivity index is 3.39. The fourth-order valence-corrected chi connectivity index (χ4v) is 6.97. The van der Waals surface area contributed by atoms with Crippen LogP contribution >= 0.6 is 0 Å². The first-order chi connectivity index (χ1) is 25.7. The van der Waals surface area contributed by atoms with E-state index in [1.165, 1.54) is 212 Å². The highest BCUT2D eigenvalue weighted by Crippen LogP contribution is 2.15. The van der Waals surface area contributed by atoms with Crippen molar-refractivity contribution in [2.24, 2.45) is 0 Å². The summed E-state index contributed by atoms with van der Waals surface area (Å²) in [5.41, 5.74) is 0. The molecule has 52 heavy (non-hydrogen) atoms. The lowest BCUT2D eigenvalue weighted by molar-refractivity contribution is -0.154. The molecule has 0 aliphatic rings. The van der Waals surface area contributed by atoms with Crippen molar-refractivity contribution in [3.05, 3.63) is 24.3 Å². The van der Waals surface area contributed by atoms with Gasteiger partial charge in [0.2, 0.25) is 0 Å². The number of rotatable bonds is 44. The van der Waals surface area contributed by atoms with Gasteiger partial charge in [-0.05, 0) is 64.2 Å². The van der Waals surface area contributed by atoms with Crippen LogP contribution in [0.25, 0.3) is 0 Å². The number of esters is 1. The number of allylic oxidation sites excluding steroid dienone is 4. The molecule has 0 rings (SSSR count). The molecule has 4 nitrogen and oxygen atoms in total. The van der Waals surface area contributed by atoms with Gasteiger partial charge in [-0.25, -0.2) is 0 Å². The summed E-state index contributed by atoms with van der Waals surface area (Å²) in [5, 5.41) is 9.62. The summed E-state index contributed by atoms with van der Waals surface area (Å²) in [6, 6.07) is 0. The number of aliphatic hydroxyl groups is 1. The van der Waals surface area contributed by atoms with Gasteiger partial charge in [0.1, 0.15) is 6.10 Å². The van der Waals surface area contributed by atoms with Crippen LogP contribution in [0.4, 0.5) is 0 Å². The van der Waals surface area contributed by atoms with Crippen LogP contribution < -0.4 is 0 Å². The minimum atomic E-state index is -0.534. The zero-order valence-electron chi connectivity index (χ0n) is 35.3. The fourth-order valence-electron chi connectivity index (χ4n) is 6.97. The summed E-state index contributed by atoms with van der Waals surface area (Å²) in [4.78, 5) is 12.2. The third kappa shape index (κ3) is 43.3. The van der Waals surface area contributed by atoms with Crippen LogP contribution in [-0.2, 0) is 14.3 Å². The second kappa shape index (κ2) is 46.0. The smallest absolute Gasteiger partial charge is 0.306 e. The first-order valence-corrected chi connectivity index (χ1v) is 23.4. The van der Waals surface area contributed by atoms with Gasteiger partial charge >= 0.3 is 5.97 Å². The zero-order valence-corrected chi connectivity index (χ0v) is 35.3. The van der Waals surface area contributed by atoms with Gasteiger partial charge in [0.05, 0.1) is 13.2 Å². The van der Waals surface area contributed by atoms with Crippen molar-refractivity contribution in [1.82, 2.24) is 0 Å². The van der Waals surface area contributed by atoms with Crippen molar-refractivity contribution < 1.29 is 19.4 Å². The standard InChI is InChI=1S/C48H92O4/c1-3-5-7-9-11-13-15-17-19-21-23-24-25-26-28-30-32-34-36-38-40-42-44-51-46-47(45-49)52-48(50)43-41-39-37-35-33-31-29-27-22-20-18-16-14-12-10-8-6-4-2/h20-23,47,49H,3-19,24-46H2,1-2H3/b22-20-,23-21-. The molecule has 4 heteroatoms. The molecule has 0 bridgehead atoms. The van der Waals surface area contributed by atoms with Crippen molar-refractivity contribution in [3.63, 3.8) is 0 Å². The molecule has 0 aliphatic carbocycles. The van der Waals surface area contributed by atoms with Crippen molar-refractivity contribution in [1.29, 1.82) is 0 Å². The van der Waals surface area contributed by atoms with Crippen molar-refractivity contribution in [3.8, 4) is 0 Å². The molecular formula is C48H92O4. The Kier molecular flexibility index (Phi) is 45.0. The monoisotopic (exact) mass is 733 g/mol. The van der Waals surface area contributed by atoms with Gasteiger partial charge in [-0.15, -0.1) is 0 Å². The third-order valence-electron chi connectivity index (χ3n) is 10.5. The van der Waals surface area contributed by atoms with Gasteiger partial charge in [-0.3, -0.25) is 4.79 Å². The van der Waals surface area contributed by atoms with E-state index in [4.69, 9.17) is 9.47 Å². The molecule has 1 atom stereocenters. The highest BCUT2D eigenvalue weighted by atomic mass is 16.6. The van der Waals surface area contributed by atoms with Crippen LogP contribution in [0.3, 0.4) is 0 Å². The number of unbranched alkanes of at least 4 members (excludes halogenated alkanes) is 32.